The quantitative estimate of drug-likeness (QED) is 0.851. The van der Waals surface area contributed by atoms with E-state index in [1.807, 2.05) is 0 Å². The molecule has 1 N–H and O–H groups in total. The van der Waals surface area contributed by atoms with Gasteiger partial charge in [0, 0.05) is 30.9 Å². The molecule has 0 bridgehead atoms. The maximum absolute atomic E-state index is 12.3. The van der Waals surface area contributed by atoms with Crippen molar-refractivity contribution < 1.29 is 9.53 Å². The molecule has 0 unspecified atom stereocenters. The molecule has 0 aromatic carbocycles. The largest absolute Gasteiger partial charge is 0.376 e. The van der Waals surface area contributed by atoms with Crippen LogP contribution in [0.4, 0.5) is 5.00 Å². The van der Waals surface area contributed by atoms with E-state index in [4.69, 9.17) is 4.74 Å². The first kappa shape index (κ1) is 17.4. The van der Waals surface area contributed by atoms with Crippen molar-refractivity contribution in [3.05, 3.63) is 16.0 Å². The van der Waals surface area contributed by atoms with Gasteiger partial charge in [-0.2, -0.15) is 5.26 Å². The summed E-state index contributed by atoms with van der Waals surface area (Å²) in [4.78, 5) is 15.9. The number of hydrogen-bond donors (Lipinski definition) is 1. The summed E-state index contributed by atoms with van der Waals surface area (Å²) in [6.07, 6.45) is 6.25. The molecule has 5 nitrogen and oxygen atoms in total. The standard InChI is InChI=1S/C18H25N3O2S/c1-13-12-21(9-10-23-13)8-7-17(22)20-18-15(11-19)14-5-3-2-4-6-16(14)24-18/h13H,2-10,12H2,1H3,(H,20,22)/t13-/m0/s1. The number of fused-ring (bicyclic) bond motifs is 1. The zero-order chi connectivity index (χ0) is 16.9. The van der Waals surface area contributed by atoms with E-state index >= 15 is 0 Å². The fourth-order valence-electron chi connectivity index (χ4n) is 3.49. The summed E-state index contributed by atoms with van der Waals surface area (Å²) in [5.41, 5.74) is 1.88. The van der Waals surface area contributed by atoms with Crippen molar-refractivity contribution >= 4 is 22.2 Å². The lowest BCUT2D eigenvalue weighted by Crippen LogP contribution is -2.42. The molecule has 0 saturated carbocycles. The van der Waals surface area contributed by atoms with Crippen LogP contribution in [0.2, 0.25) is 0 Å². The van der Waals surface area contributed by atoms with Gasteiger partial charge in [0.25, 0.3) is 0 Å². The van der Waals surface area contributed by atoms with Crippen molar-refractivity contribution in [1.29, 1.82) is 5.26 Å². The minimum absolute atomic E-state index is 0.00190. The monoisotopic (exact) mass is 347 g/mol. The fourth-order valence-corrected chi connectivity index (χ4v) is 4.75. The van der Waals surface area contributed by atoms with Gasteiger partial charge in [-0.25, -0.2) is 0 Å². The van der Waals surface area contributed by atoms with Gasteiger partial charge in [0.2, 0.25) is 5.91 Å². The molecule has 1 amide bonds. The van der Waals surface area contributed by atoms with Crippen LogP contribution in [-0.4, -0.2) is 43.2 Å². The summed E-state index contributed by atoms with van der Waals surface area (Å²) >= 11 is 1.60. The minimum atomic E-state index is 0.00190. The number of thiophene rings is 1. The molecule has 3 rings (SSSR count). The molecule has 1 aromatic heterocycles. The summed E-state index contributed by atoms with van der Waals surface area (Å²) in [5.74, 6) is 0.00190. The van der Waals surface area contributed by atoms with E-state index in [1.165, 1.54) is 23.3 Å². The highest BCUT2D eigenvalue weighted by atomic mass is 32.1. The number of morpholine rings is 1. The number of nitriles is 1. The van der Waals surface area contributed by atoms with Crippen molar-refractivity contribution in [2.75, 3.05) is 31.6 Å². The molecule has 2 heterocycles. The summed E-state index contributed by atoms with van der Waals surface area (Å²) in [6.45, 7) is 5.30. The average Bonchev–Trinajstić information content (AvgIpc) is 2.73. The molecule has 0 radical (unpaired) electrons. The first-order valence-corrected chi connectivity index (χ1v) is 9.67. The van der Waals surface area contributed by atoms with Gasteiger partial charge in [-0.05, 0) is 38.2 Å². The van der Waals surface area contributed by atoms with Gasteiger partial charge in [-0.3, -0.25) is 9.69 Å². The first-order chi connectivity index (χ1) is 11.7. The first-order valence-electron chi connectivity index (χ1n) is 8.86. The van der Waals surface area contributed by atoms with Gasteiger partial charge in [-0.15, -0.1) is 11.3 Å². The maximum atomic E-state index is 12.3. The Labute approximate surface area is 147 Å². The SMILES string of the molecule is C[C@H]1CN(CCC(=O)Nc2sc3c(c2C#N)CCCCC3)CCO1. The molecule has 1 aliphatic carbocycles. The number of carbonyl (C=O) groups excluding carboxylic acids is 1. The van der Waals surface area contributed by atoms with Crippen molar-refractivity contribution in [2.45, 2.75) is 51.6 Å². The second-order valence-electron chi connectivity index (χ2n) is 6.66. The van der Waals surface area contributed by atoms with Crippen LogP contribution in [0.25, 0.3) is 0 Å². The zero-order valence-electron chi connectivity index (χ0n) is 14.3. The Bertz CT molecular complexity index is 635. The molecule has 130 valence electrons. The lowest BCUT2D eigenvalue weighted by atomic mass is 10.1. The second-order valence-corrected chi connectivity index (χ2v) is 7.77. The van der Waals surface area contributed by atoms with E-state index < -0.39 is 0 Å². The van der Waals surface area contributed by atoms with E-state index in [9.17, 15) is 10.1 Å². The van der Waals surface area contributed by atoms with Crippen LogP contribution < -0.4 is 5.32 Å². The summed E-state index contributed by atoms with van der Waals surface area (Å²) in [6, 6.07) is 2.32. The third-order valence-electron chi connectivity index (χ3n) is 4.77. The maximum Gasteiger partial charge on any atom is 0.226 e. The van der Waals surface area contributed by atoms with Crippen molar-refractivity contribution in [3.63, 3.8) is 0 Å². The average molecular weight is 347 g/mol. The Kier molecular flexibility index (Phi) is 5.88. The number of aryl methyl sites for hydroxylation is 1. The van der Waals surface area contributed by atoms with E-state index in [1.54, 1.807) is 11.3 Å². The number of anilines is 1. The Morgan fingerprint density at radius 3 is 3.04 bits per heavy atom. The molecule has 1 atom stereocenters. The van der Waals surface area contributed by atoms with E-state index in [2.05, 4.69) is 23.2 Å². The third kappa shape index (κ3) is 4.15. The smallest absolute Gasteiger partial charge is 0.226 e. The number of nitrogens with zero attached hydrogens (tertiary/aromatic N) is 2. The molecule has 1 aliphatic heterocycles. The highest BCUT2D eigenvalue weighted by molar-refractivity contribution is 7.16. The Balaban J connectivity index is 1.59. The molecular weight excluding hydrogens is 322 g/mol. The number of amides is 1. The number of ether oxygens (including phenoxy) is 1. The molecule has 1 fully saturated rings. The minimum Gasteiger partial charge on any atom is -0.376 e. The normalized spacial score (nSPS) is 21.6. The lowest BCUT2D eigenvalue weighted by Gasteiger charge is -2.30. The highest BCUT2D eigenvalue weighted by Crippen LogP contribution is 2.37. The van der Waals surface area contributed by atoms with Gasteiger partial charge >= 0.3 is 0 Å². The Hall–Kier alpha value is -1.42. The Morgan fingerprint density at radius 1 is 1.42 bits per heavy atom. The number of hydrogen-bond acceptors (Lipinski definition) is 5. The number of rotatable bonds is 4. The predicted molar refractivity (Wildman–Crippen MR) is 95.4 cm³/mol. The molecular formula is C18H25N3O2S. The highest BCUT2D eigenvalue weighted by Gasteiger charge is 2.22. The predicted octanol–water partition coefficient (Wildman–Crippen LogP) is 2.94. The van der Waals surface area contributed by atoms with E-state index in [-0.39, 0.29) is 12.0 Å². The molecule has 24 heavy (non-hydrogen) atoms. The van der Waals surface area contributed by atoms with Crippen LogP contribution in [0, 0.1) is 11.3 Å². The molecule has 2 aliphatic rings. The zero-order valence-corrected chi connectivity index (χ0v) is 15.1. The van der Waals surface area contributed by atoms with Crippen LogP contribution in [0.5, 0.6) is 0 Å². The van der Waals surface area contributed by atoms with E-state index in [0.717, 1.165) is 50.5 Å². The van der Waals surface area contributed by atoms with Crippen molar-refractivity contribution in [3.8, 4) is 6.07 Å². The number of carbonyl (C=O) groups is 1. The van der Waals surface area contributed by atoms with Gasteiger partial charge in [0.1, 0.15) is 11.1 Å². The summed E-state index contributed by atoms with van der Waals surface area (Å²) < 4.78 is 5.52. The van der Waals surface area contributed by atoms with Crippen LogP contribution in [0.15, 0.2) is 0 Å². The molecule has 0 spiro atoms. The summed E-state index contributed by atoms with van der Waals surface area (Å²) in [7, 11) is 0. The Morgan fingerprint density at radius 2 is 2.25 bits per heavy atom. The van der Waals surface area contributed by atoms with Crippen molar-refractivity contribution in [1.82, 2.24) is 4.90 Å². The van der Waals surface area contributed by atoms with Crippen LogP contribution in [-0.2, 0) is 22.4 Å². The summed E-state index contributed by atoms with van der Waals surface area (Å²) in [5, 5.41) is 13.3. The van der Waals surface area contributed by atoms with Crippen LogP contribution >= 0.6 is 11.3 Å². The fraction of sp³-hybridized carbons (Fsp3) is 0.667. The van der Waals surface area contributed by atoms with Crippen LogP contribution in [0.3, 0.4) is 0 Å². The second kappa shape index (κ2) is 8.11. The molecule has 1 saturated heterocycles. The van der Waals surface area contributed by atoms with Gasteiger partial charge < -0.3 is 10.1 Å². The van der Waals surface area contributed by atoms with Gasteiger partial charge in [-0.1, -0.05) is 6.42 Å². The molecule has 6 heteroatoms. The van der Waals surface area contributed by atoms with Crippen molar-refractivity contribution in [2.24, 2.45) is 0 Å². The van der Waals surface area contributed by atoms with Gasteiger partial charge in [0.05, 0.1) is 18.3 Å². The third-order valence-corrected chi connectivity index (χ3v) is 5.97. The molecule has 1 aromatic rings. The van der Waals surface area contributed by atoms with E-state index in [0.29, 0.717) is 12.0 Å². The van der Waals surface area contributed by atoms with Gasteiger partial charge in [0.15, 0.2) is 0 Å². The topological polar surface area (TPSA) is 65.4 Å². The van der Waals surface area contributed by atoms with Crippen LogP contribution in [0.1, 0.15) is 48.6 Å². The lowest BCUT2D eigenvalue weighted by molar-refractivity contribution is -0.117. The number of nitrogens with one attached hydrogen (secondary N) is 1.